The first-order valence-corrected chi connectivity index (χ1v) is 6.48. The van der Waals surface area contributed by atoms with Gasteiger partial charge in [0.2, 0.25) is 0 Å². The van der Waals surface area contributed by atoms with Crippen LogP contribution in [-0.2, 0) is 17.6 Å². The smallest absolute Gasteiger partial charge is 0.133 e. The van der Waals surface area contributed by atoms with Crippen LogP contribution in [0.5, 0.6) is 0 Å². The van der Waals surface area contributed by atoms with Gasteiger partial charge in [-0.05, 0) is 25.7 Å². The van der Waals surface area contributed by atoms with Crippen molar-refractivity contribution in [3.05, 3.63) is 17.6 Å². The van der Waals surface area contributed by atoms with Crippen molar-refractivity contribution in [1.82, 2.24) is 9.97 Å². The van der Waals surface area contributed by atoms with E-state index in [9.17, 15) is 0 Å². The van der Waals surface area contributed by atoms with Gasteiger partial charge in [0.25, 0.3) is 0 Å². The van der Waals surface area contributed by atoms with Crippen LogP contribution in [0.25, 0.3) is 0 Å². The largest absolute Gasteiger partial charge is 0.378 e. The number of hydrogen-bond acceptors (Lipinski definition) is 4. The van der Waals surface area contributed by atoms with Crippen LogP contribution in [0.4, 0.5) is 5.82 Å². The second kappa shape index (κ2) is 5.96. The maximum Gasteiger partial charge on any atom is 0.133 e. The molecular formula is C13H21N3O. The highest BCUT2D eigenvalue weighted by Crippen LogP contribution is 2.17. The number of nitrogens with zero attached hydrogens (tertiary/aromatic N) is 2. The Morgan fingerprint density at radius 2 is 2.29 bits per heavy atom. The van der Waals surface area contributed by atoms with Crippen LogP contribution in [0.15, 0.2) is 6.07 Å². The Morgan fingerprint density at radius 1 is 1.41 bits per heavy atom. The minimum Gasteiger partial charge on any atom is -0.378 e. The zero-order chi connectivity index (χ0) is 12.1. The highest BCUT2D eigenvalue weighted by atomic mass is 16.5. The quantitative estimate of drug-likeness (QED) is 0.869. The normalized spacial score (nSPS) is 20.2. The van der Waals surface area contributed by atoms with Crippen LogP contribution in [0.1, 0.15) is 37.7 Å². The van der Waals surface area contributed by atoms with Crippen LogP contribution in [0, 0.1) is 0 Å². The Bertz CT molecular complexity index is 339. The summed E-state index contributed by atoms with van der Waals surface area (Å²) in [6, 6.07) is 2.01. The topological polar surface area (TPSA) is 47.0 Å². The molecule has 0 spiro atoms. The molecule has 4 heteroatoms. The number of aryl methyl sites for hydroxylation is 1. The molecule has 1 N–H and O–H groups in total. The molecule has 1 aliphatic rings. The first-order chi connectivity index (χ1) is 8.31. The molecule has 17 heavy (non-hydrogen) atoms. The first kappa shape index (κ1) is 12.3. The Balaban J connectivity index is 2.07. The maximum absolute atomic E-state index is 5.73. The Kier molecular flexibility index (Phi) is 4.31. The fourth-order valence-corrected chi connectivity index (χ4v) is 2.12. The van der Waals surface area contributed by atoms with Gasteiger partial charge in [0.1, 0.15) is 11.6 Å². The molecule has 1 aromatic rings. The van der Waals surface area contributed by atoms with E-state index in [0.717, 1.165) is 43.2 Å². The highest BCUT2D eigenvalue weighted by Gasteiger charge is 2.16. The van der Waals surface area contributed by atoms with Crippen LogP contribution in [0.2, 0.25) is 0 Å². The third-order valence-corrected chi connectivity index (χ3v) is 3.13. The van der Waals surface area contributed by atoms with Gasteiger partial charge in [-0.3, -0.25) is 0 Å². The third kappa shape index (κ3) is 3.40. The minimum absolute atomic E-state index is 0.306. The number of anilines is 1. The van der Waals surface area contributed by atoms with Crippen molar-refractivity contribution >= 4 is 5.82 Å². The molecular weight excluding hydrogens is 214 g/mol. The number of nitrogens with one attached hydrogen (secondary N) is 1. The van der Waals surface area contributed by atoms with E-state index < -0.39 is 0 Å². The van der Waals surface area contributed by atoms with Gasteiger partial charge in [-0.2, -0.15) is 0 Å². The Morgan fingerprint density at radius 3 is 2.94 bits per heavy atom. The SMILES string of the molecule is CCc1cc(NC)nc(CC2CCCCO2)n1. The summed E-state index contributed by atoms with van der Waals surface area (Å²) in [5.74, 6) is 1.81. The number of aromatic nitrogens is 2. The molecule has 0 amide bonds. The van der Waals surface area contributed by atoms with E-state index in [0.29, 0.717) is 6.10 Å². The second-order valence-electron chi connectivity index (χ2n) is 4.46. The molecule has 94 valence electrons. The van der Waals surface area contributed by atoms with Gasteiger partial charge < -0.3 is 10.1 Å². The van der Waals surface area contributed by atoms with E-state index in [1.165, 1.54) is 12.8 Å². The lowest BCUT2D eigenvalue weighted by Gasteiger charge is -2.22. The average molecular weight is 235 g/mol. The van der Waals surface area contributed by atoms with Crippen molar-refractivity contribution in [1.29, 1.82) is 0 Å². The van der Waals surface area contributed by atoms with Crippen molar-refractivity contribution in [2.45, 2.75) is 45.1 Å². The molecule has 4 nitrogen and oxygen atoms in total. The van der Waals surface area contributed by atoms with E-state index in [1.807, 2.05) is 13.1 Å². The Hall–Kier alpha value is -1.16. The highest BCUT2D eigenvalue weighted by molar-refractivity contribution is 5.35. The van der Waals surface area contributed by atoms with Crippen molar-refractivity contribution in [2.75, 3.05) is 19.0 Å². The molecule has 0 aromatic carbocycles. The fourth-order valence-electron chi connectivity index (χ4n) is 2.12. The zero-order valence-electron chi connectivity index (χ0n) is 10.7. The molecule has 2 heterocycles. The molecule has 1 unspecified atom stereocenters. The van der Waals surface area contributed by atoms with Crippen LogP contribution in [-0.4, -0.2) is 29.7 Å². The lowest BCUT2D eigenvalue weighted by Crippen LogP contribution is -2.22. The summed E-state index contributed by atoms with van der Waals surface area (Å²) >= 11 is 0. The predicted octanol–water partition coefficient (Wildman–Crippen LogP) is 2.19. The molecule has 1 aromatic heterocycles. The Labute approximate surface area is 103 Å². The van der Waals surface area contributed by atoms with Gasteiger partial charge in [-0.15, -0.1) is 0 Å². The molecule has 1 saturated heterocycles. The molecule has 0 radical (unpaired) electrons. The summed E-state index contributed by atoms with van der Waals surface area (Å²) < 4.78 is 5.73. The number of rotatable bonds is 4. The number of hydrogen-bond donors (Lipinski definition) is 1. The zero-order valence-corrected chi connectivity index (χ0v) is 10.7. The second-order valence-corrected chi connectivity index (χ2v) is 4.46. The van der Waals surface area contributed by atoms with E-state index in [4.69, 9.17) is 4.74 Å². The van der Waals surface area contributed by atoms with Gasteiger partial charge >= 0.3 is 0 Å². The molecule has 2 rings (SSSR count). The summed E-state index contributed by atoms with van der Waals surface area (Å²) in [7, 11) is 1.89. The van der Waals surface area contributed by atoms with Gasteiger partial charge in [0.05, 0.1) is 6.10 Å². The van der Waals surface area contributed by atoms with Crippen molar-refractivity contribution < 1.29 is 4.74 Å². The maximum atomic E-state index is 5.73. The van der Waals surface area contributed by atoms with Crippen LogP contribution < -0.4 is 5.32 Å². The van der Waals surface area contributed by atoms with E-state index >= 15 is 0 Å². The first-order valence-electron chi connectivity index (χ1n) is 6.48. The van der Waals surface area contributed by atoms with Gasteiger partial charge in [0, 0.05) is 31.8 Å². The van der Waals surface area contributed by atoms with Crippen LogP contribution in [0.3, 0.4) is 0 Å². The third-order valence-electron chi connectivity index (χ3n) is 3.13. The van der Waals surface area contributed by atoms with E-state index in [-0.39, 0.29) is 0 Å². The summed E-state index contributed by atoms with van der Waals surface area (Å²) in [6.45, 7) is 3.00. The lowest BCUT2D eigenvalue weighted by molar-refractivity contribution is 0.0156. The van der Waals surface area contributed by atoms with E-state index in [1.54, 1.807) is 0 Å². The molecule has 0 bridgehead atoms. The molecule has 1 aliphatic heterocycles. The summed E-state index contributed by atoms with van der Waals surface area (Å²) in [5.41, 5.74) is 1.09. The standard InChI is InChI=1S/C13H21N3O/c1-3-10-8-12(14-2)16-13(15-10)9-11-6-4-5-7-17-11/h8,11H,3-7,9H2,1-2H3,(H,14,15,16). The summed E-state index contributed by atoms with van der Waals surface area (Å²) in [6.07, 6.45) is 5.67. The monoisotopic (exact) mass is 235 g/mol. The van der Waals surface area contributed by atoms with Crippen molar-refractivity contribution in [3.63, 3.8) is 0 Å². The molecule has 0 saturated carbocycles. The minimum atomic E-state index is 0.306. The lowest BCUT2D eigenvalue weighted by atomic mass is 10.1. The van der Waals surface area contributed by atoms with Crippen molar-refractivity contribution in [2.24, 2.45) is 0 Å². The number of ether oxygens (including phenoxy) is 1. The van der Waals surface area contributed by atoms with Crippen LogP contribution >= 0.6 is 0 Å². The average Bonchev–Trinajstić information content (AvgIpc) is 2.39. The van der Waals surface area contributed by atoms with Crippen molar-refractivity contribution in [3.8, 4) is 0 Å². The fraction of sp³-hybridized carbons (Fsp3) is 0.692. The summed E-state index contributed by atoms with van der Waals surface area (Å²) in [5, 5.41) is 3.09. The molecule has 0 aliphatic carbocycles. The molecule has 1 atom stereocenters. The van der Waals surface area contributed by atoms with Gasteiger partial charge in [0.15, 0.2) is 0 Å². The summed E-state index contributed by atoms with van der Waals surface area (Å²) in [4.78, 5) is 9.05. The van der Waals surface area contributed by atoms with Gasteiger partial charge in [-0.1, -0.05) is 6.92 Å². The predicted molar refractivity (Wildman–Crippen MR) is 68.3 cm³/mol. The van der Waals surface area contributed by atoms with E-state index in [2.05, 4.69) is 22.2 Å². The van der Waals surface area contributed by atoms with Gasteiger partial charge in [-0.25, -0.2) is 9.97 Å². The molecule has 1 fully saturated rings.